The van der Waals surface area contributed by atoms with E-state index < -0.39 is 0 Å². The maximum absolute atomic E-state index is 12.2. The third-order valence-corrected chi connectivity index (χ3v) is 3.82. The highest BCUT2D eigenvalue weighted by atomic mass is 16.7. The van der Waals surface area contributed by atoms with Crippen molar-refractivity contribution >= 4 is 11.6 Å². The molecule has 0 saturated carbocycles. The number of aromatic nitrogens is 4. The van der Waals surface area contributed by atoms with E-state index in [1.54, 1.807) is 0 Å². The van der Waals surface area contributed by atoms with Gasteiger partial charge in [-0.2, -0.15) is 0 Å². The number of fused-ring (bicyclic) bond motifs is 1. The smallest absolute Gasteiger partial charge is 0.231 e. The van der Waals surface area contributed by atoms with Crippen molar-refractivity contribution in [1.29, 1.82) is 0 Å². The zero-order chi connectivity index (χ0) is 17.1. The van der Waals surface area contributed by atoms with Gasteiger partial charge in [-0.3, -0.25) is 4.79 Å². The maximum atomic E-state index is 12.2. The molecule has 0 fully saturated rings. The van der Waals surface area contributed by atoms with Crippen molar-refractivity contribution in [3.63, 3.8) is 0 Å². The Morgan fingerprint density at radius 2 is 2.08 bits per heavy atom. The minimum atomic E-state index is -0.0634. The molecule has 3 aromatic rings. The quantitative estimate of drug-likeness (QED) is 0.765. The van der Waals surface area contributed by atoms with Crippen molar-refractivity contribution in [3.8, 4) is 17.2 Å². The zero-order valence-corrected chi connectivity index (χ0v) is 13.3. The number of tetrazole rings is 1. The van der Waals surface area contributed by atoms with E-state index in [1.807, 2.05) is 42.5 Å². The maximum Gasteiger partial charge on any atom is 0.231 e. The first-order chi connectivity index (χ1) is 12.3. The minimum Gasteiger partial charge on any atom is -0.454 e. The second-order valence-electron chi connectivity index (χ2n) is 5.54. The third kappa shape index (κ3) is 3.42. The number of carbonyl (C=O) groups excluding carboxylic acids is 1. The largest absolute Gasteiger partial charge is 0.454 e. The average Bonchev–Trinajstić information content (AvgIpc) is 3.31. The van der Waals surface area contributed by atoms with Crippen LogP contribution in [-0.2, 0) is 11.2 Å². The van der Waals surface area contributed by atoms with Crippen molar-refractivity contribution in [3.05, 3.63) is 54.4 Å². The topological polar surface area (TPSA) is 91.2 Å². The first kappa shape index (κ1) is 15.1. The van der Waals surface area contributed by atoms with Gasteiger partial charge in [0.15, 0.2) is 11.5 Å². The molecule has 0 bridgehead atoms. The van der Waals surface area contributed by atoms with Crippen LogP contribution in [0.4, 0.5) is 5.69 Å². The molecule has 1 N–H and O–H groups in total. The molecule has 8 heteroatoms. The van der Waals surface area contributed by atoms with Crippen molar-refractivity contribution in [2.45, 2.75) is 12.8 Å². The Labute approximate surface area is 143 Å². The van der Waals surface area contributed by atoms with Gasteiger partial charge in [-0.05, 0) is 52.7 Å². The van der Waals surface area contributed by atoms with Crippen molar-refractivity contribution < 1.29 is 14.3 Å². The van der Waals surface area contributed by atoms with Crippen molar-refractivity contribution in [1.82, 2.24) is 20.2 Å². The molecule has 1 aliphatic rings. The minimum absolute atomic E-state index is 0.0634. The number of nitrogens with one attached hydrogen (secondary N) is 1. The van der Waals surface area contributed by atoms with Crippen LogP contribution in [0, 0.1) is 0 Å². The van der Waals surface area contributed by atoms with Gasteiger partial charge in [0, 0.05) is 12.1 Å². The van der Waals surface area contributed by atoms with Crippen LogP contribution in [0.2, 0.25) is 0 Å². The SMILES string of the molecule is O=C(CCc1ccc2c(c1)OCO2)Nc1cccc(-n2cnnn2)c1. The summed E-state index contributed by atoms with van der Waals surface area (Å²) in [6.07, 6.45) is 2.49. The summed E-state index contributed by atoms with van der Waals surface area (Å²) in [4.78, 5) is 12.2. The van der Waals surface area contributed by atoms with Gasteiger partial charge in [0.25, 0.3) is 0 Å². The summed E-state index contributed by atoms with van der Waals surface area (Å²) in [7, 11) is 0. The van der Waals surface area contributed by atoms with Gasteiger partial charge >= 0.3 is 0 Å². The van der Waals surface area contributed by atoms with Crippen LogP contribution in [0.1, 0.15) is 12.0 Å². The number of carbonyl (C=O) groups is 1. The number of anilines is 1. The zero-order valence-electron chi connectivity index (χ0n) is 13.3. The van der Waals surface area contributed by atoms with E-state index in [1.165, 1.54) is 11.0 Å². The Bertz CT molecular complexity index is 895. The van der Waals surface area contributed by atoms with Gasteiger partial charge in [0.1, 0.15) is 6.33 Å². The first-order valence-corrected chi connectivity index (χ1v) is 7.80. The number of amides is 1. The van der Waals surface area contributed by atoms with Gasteiger partial charge in [0.05, 0.1) is 5.69 Å². The van der Waals surface area contributed by atoms with Crippen molar-refractivity contribution in [2.75, 3.05) is 12.1 Å². The lowest BCUT2D eigenvalue weighted by molar-refractivity contribution is -0.116. The Morgan fingerprint density at radius 3 is 2.96 bits per heavy atom. The molecule has 8 nitrogen and oxygen atoms in total. The molecule has 0 saturated heterocycles. The Hall–Kier alpha value is -3.42. The molecule has 1 aliphatic heterocycles. The Morgan fingerprint density at radius 1 is 1.16 bits per heavy atom. The van der Waals surface area contributed by atoms with E-state index in [9.17, 15) is 4.79 Å². The number of hydrogen-bond donors (Lipinski definition) is 1. The van der Waals surface area contributed by atoms with Crippen molar-refractivity contribution in [2.24, 2.45) is 0 Å². The summed E-state index contributed by atoms with van der Waals surface area (Å²) >= 11 is 0. The summed E-state index contributed by atoms with van der Waals surface area (Å²) in [6, 6.07) is 13.1. The predicted octanol–water partition coefficient (Wildman–Crippen LogP) is 1.96. The molecule has 0 spiro atoms. The van der Waals surface area contributed by atoms with Gasteiger partial charge in [0.2, 0.25) is 12.7 Å². The molecule has 0 radical (unpaired) electrons. The number of ether oxygens (including phenoxy) is 2. The van der Waals surface area contributed by atoms with Crippen LogP contribution in [0.3, 0.4) is 0 Å². The van der Waals surface area contributed by atoms with Gasteiger partial charge in [-0.1, -0.05) is 12.1 Å². The molecule has 0 atom stereocenters. The number of aryl methyl sites for hydroxylation is 1. The van der Waals surface area contributed by atoms with Gasteiger partial charge in [-0.15, -0.1) is 5.10 Å². The van der Waals surface area contributed by atoms with Gasteiger partial charge in [-0.25, -0.2) is 4.68 Å². The van der Waals surface area contributed by atoms with Crippen LogP contribution < -0.4 is 14.8 Å². The number of nitrogens with zero attached hydrogens (tertiary/aromatic N) is 4. The molecule has 2 aromatic carbocycles. The highest BCUT2D eigenvalue weighted by molar-refractivity contribution is 5.91. The first-order valence-electron chi connectivity index (χ1n) is 7.80. The molecule has 1 amide bonds. The fourth-order valence-corrected chi connectivity index (χ4v) is 2.58. The second kappa shape index (κ2) is 6.60. The molecule has 4 rings (SSSR count). The number of benzene rings is 2. The van der Waals surface area contributed by atoms with E-state index in [0.717, 1.165) is 22.7 Å². The Balaban J connectivity index is 1.37. The van der Waals surface area contributed by atoms with Crippen LogP contribution in [0.15, 0.2) is 48.8 Å². The molecule has 0 aliphatic carbocycles. The second-order valence-corrected chi connectivity index (χ2v) is 5.54. The monoisotopic (exact) mass is 337 g/mol. The van der Waals surface area contributed by atoms with E-state index in [0.29, 0.717) is 18.5 Å². The summed E-state index contributed by atoms with van der Waals surface area (Å²) in [6.45, 7) is 0.247. The van der Waals surface area contributed by atoms with Crippen LogP contribution >= 0.6 is 0 Å². The Kier molecular flexibility index (Phi) is 3.99. The fourth-order valence-electron chi connectivity index (χ4n) is 2.58. The molecule has 1 aromatic heterocycles. The summed E-state index contributed by atoms with van der Waals surface area (Å²) in [5.41, 5.74) is 2.50. The average molecular weight is 337 g/mol. The molecule has 0 unspecified atom stereocenters. The molecular formula is C17H15N5O3. The standard InChI is InChI=1S/C17H15N5O3/c23-17(7-5-12-4-6-15-16(8-12)25-11-24-15)19-13-2-1-3-14(9-13)22-10-18-20-21-22/h1-4,6,8-10H,5,7,11H2,(H,19,23). The molecule has 25 heavy (non-hydrogen) atoms. The van der Waals surface area contributed by atoms with E-state index in [4.69, 9.17) is 9.47 Å². The molecular weight excluding hydrogens is 322 g/mol. The third-order valence-electron chi connectivity index (χ3n) is 3.82. The summed E-state index contributed by atoms with van der Waals surface area (Å²) in [5.74, 6) is 1.41. The molecule has 2 heterocycles. The normalized spacial score (nSPS) is 12.2. The highest BCUT2D eigenvalue weighted by Crippen LogP contribution is 2.32. The van der Waals surface area contributed by atoms with E-state index >= 15 is 0 Å². The van der Waals surface area contributed by atoms with Crippen LogP contribution in [0.5, 0.6) is 11.5 Å². The number of hydrogen-bond acceptors (Lipinski definition) is 6. The lowest BCUT2D eigenvalue weighted by Crippen LogP contribution is -2.12. The van der Waals surface area contributed by atoms with Crippen LogP contribution in [0.25, 0.3) is 5.69 Å². The number of rotatable bonds is 5. The van der Waals surface area contributed by atoms with Crippen LogP contribution in [-0.4, -0.2) is 32.9 Å². The highest BCUT2D eigenvalue weighted by Gasteiger charge is 2.13. The van der Waals surface area contributed by atoms with E-state index in [-0.39, 0.29) is 12.7 Å². The summed E-state index contributed by atoms with van der Waals surface area (Å²) in [5, 5.41) is 13.9. The lowest BCUT2D eigenvalue weighted by atomic mass is 10.1. The predicted molar refractivity (Wildman–Crippen MR) is 88.7 cm³/mol. The van der Waals surface area contributed by atoms with Gasteiger partial charge < -0.3 is 14.8 Å². The molecule has 126 valence electrons. The fraction of sp³-hybridized carbons (Fsp3) is 0.176. The summed E-state index contributed by atoms with van der Waals surface area (Å²) < 4.78 is 12.2. The van der Waals surface area contributed by atoms with E-state index in [2.05, 4.69) is 20.8 Å². The lowest BCUT2D eigenvalue weighted by Gasteiger charge is -2.07.